The molecule has 0 aliphatic rings. The fourth-order valence-corrected chi connectivity index (χ4v) is 3.18. The third-order valence-corrected chi connectivity index (χ3v) is 4.66. The summed E-state index contributed by atoms with van der Waals surface area (Å²) in [6, 6.07) is 26.5. The van der Waals surface area contributed by atoms with Crippen LogP contribution in [-0.2, 0) is 6.42 Å². The van der Waals surface area contributed by atoms with Gasteiger partial charge in [0.2, 0.25) is 5.88 Å². The molecule has 0 amide bonds. The predicted molar refractivity (Wildman–Crippen MR) is 110 cm³/mol. The Morgan fingerprint density at radius 3 is 2.19 bits per heavy atom. The highest BCUT2D eigenvalue weighted by Gasteiger charge is 2.12. The van der Waals surface area contributed by atoms with Crippen LogP contribution >= 0.6 is 0 Å². The molecular weight excluding hydrogens is 332 g/mol. The Hall–Kier alpha value is -3.20. The van der Waals surface area contributed by atoms with E-state index >= 15 is 0 Å². The van der Waals surface area contributed by atoms with E-state index in [1.807, 2.05) is 60.7 Å². The number of fused-ring (bicyclic) bond motifs is 1. The highest BCUT2D eigenvalue weighted by Crippen LogP contribution is 2.32. The van der Waals surface area contributed by atoms with Crippen molar-refractivity contribution in [2.45, 2.75) is 26.2 Å². The van der Waals surface area contributed by atoms with Crippen LogP contribution in [-0.4, -0.2) is 10.2 Å². The van der Waals surface area contributed by atoms with Gasteiger partial charge in [-0.25, -0.2) is 0 Å². The number of nitrogens with zero attached hydrogens (tertiary/aromatic N) is 2. The molecule has 4 rings (SSSR count). The summed E-state index contributed by atoms with van der Waals surface area (Å²) in [6.45, 7) is 2.21. The maximum absolute atomic E-state index is 6.07. The number of unbranched alkanes of at least 4 members (excludes halogenated alkanes) is 1. The van der Waals surface area contributed by atoms with E-state index in [2.05, 4.69) is 35.3 Å². The molecular formula is C24H22N2O. The zero-order chi connectivity index (χ0) is 18.5. The van der Waals surface area contributed by atoms with Gasteiger partial charge in [-0.2, -0.15) is 0 Å². The maximum atomic E-state index is 6.07. The van der Waals surface area contributed by atoms with Crippen LogP contribution in [0.4, 0.5) is 0 Å². The summed E-state index contributed by atoms with van der Waals surface area (Å²) in [5.41, 5.74) is 3.25. The standard InChI is InChI=1S/C24H22N2O/c1-2-3-9-18-14-16-20(17-15-18)27-24-22-13-8-7-12-21(22)23(25-26-24)19-10-5-4-6-11-19/h4-8,10-17H,2-3,9H2,1H3. The Labute approximate surface area is 159 Å². The molecule has 1 heterocycles. The van der Waals surface area contributed by atoms with E-state index in [1.54, 1.807) is 0 Å². The summed E-state index contributed by atoms with van der Waals surface area (Å²) < 4.78 is 6.07. The quantitative estimate of drug-likeness (QED) is 0.400. The monoisotopic (exact) mass is 354 g/mol. The third kappa shape index (κ3) is 3.82. The Kier molecular flexibility index (Phi) is 5.10. The lowest BCUT2D eigenvalue weighted by Crippen LogP contribution is -1.96. The van der Waals surface area contributed by atoms with Crippen molar-refractivity contribution in [3.8, 4) is 22.9 Å². The molecule has 134 valence electrons. The maximum Gasteiger partial charge on any atom is 0.246 e. The van der Waals surface area contributed by atoms with Crippen molar-refractivity contribution in [1.82, 2.24) is 10.2 Å². The van der Waals surface area contributed by atoms with Crippen molar-refractivity contribution in [2.24, 2.45) is 0 Å². The molecule has 0 N–H and O–H groups in total. The first-order valence-corrected chi connectivity index (χ1v) is 9.43. The Bertz CT molecular complexity index is 1030. The second-order valence-electron chi connectivity index (χ2n) is 6.61. The van der Waals surface area contributed by atoms with Crippen LogP contribution in [0.3, 0.4) is 0 Å². The molecule has 3 aromatic carbocycles. The molecule has 1 aromatic heterocycles. The average molecular weight is 354 g/mol. The summed E-state index contributed by atoms with van der Waals surface area (Å²) in [7, 11) is 0. The normalized spacial score (nSPS) is 10.9. The number of hydrogen-bond donors (Lipinski definition) is 0. The van der Waals surface area contributed by atoms with Gasteiger partial charge >= 0.3 is 0 Å². The van der Waals surface area contributed by atoms with Crippen LogP contribution in [0.1, 0.15) is 25.3 Å². The number of aryl methyl sites for hydroxylation is 1. The van der Waals surface area contributed by atoms with Crippen molar-refractivity contribution in [3.05, 3.63) is 84.4 Å². The van der Waals surface area contributed by atoms with E-state index in [9.17, 15) is 0 Å². The van der Waals surface area contributed by atoms with E-state index < -0.39 is 0 Å². The number of ether oxygens (including phenoxy) is 1. The van der Waals surface area contributed by atoms with Crippen molar-refractivity contribution in [2.75, 3.05) is 0 Å². The first kappa shape index (κ1) is 17.2. The fraction of sp³-hybridized carbons (Fsp3) is 0.167. The molecule has 0 aliphatic carbocycles. The van der Waals surface area contributed by atoms with Gasteiger partial charge in [-0.05, 0) is 36.6 Å². The molecule has 27 heavy (non-hydrogen) atoms. The largest absolute Gasteiger partial charge is 0.437 e. The van der Waals surface area contributed by atoms with Crippen molar-refractivity contribution < 1.29 is 4.74 Å². The molecule has 3 nitrogen and oxygen atoms in total. The number of aromatic nitrogens is 2. The summed E-state index contributed by atoms with van der Waals surface area (Å²) in [4.78, 5) is 0. The lowest BCUT2D eigenvalue weighted by molar-refractivity contribution is 0.462. The molecule has 0 fully saturated rings. The van der Waals surface area contributed by atoms with E-state index in [0.717, 1.165) is 34.2 Å². The first-order valence-electron chi connectivity index (χ1n) is 9.43. The number of benzene rings is 3. The van der Waals surface area contributed by atoms with Gasteiger partial charge < -0.3 is 4.74 Å². The fourth-order valence-electron chi connectivity index (χ4n) is 3.18. The minimum atomic E-state index is 0.534. The SMILES string of the molecule is CCCCc1ccc(Oc2nnc(-c3ccccc3)c3ccccc23)cc1. The van der Waals surface area contributed by atoms with Gasteiger partial charge in [-0.15, -0.1) is 10.2 Å². The van der Waals surface area contributed by atoms with Crippen molar-refractivity contribution in [3.63, 3.8) is 0 Å². The van der Waals surface area contributed by atoms with Crippen LogP contribution in [0.15, 0.2) is 78.9 Å². The van der Waals surface area contributed by atoms with Gasteiger partial charge in [0.15, 0.2) is 0 Å². The average Bonchev–Trinajstić information content (AvgIpc) is 2.74. The number of hydrogen-bond acceptors (Lipinski definition) is 3. The minimum absolute atomic E-state index is 0.534. The van der Waals surface area contributed by atoms with Crippen LogP contribution in [0.2, 0.25) is 0 Å². The van der Waals surface area contributed by atoms with Gasteiger partial charge in [0.25, 0.3) is 0 Å². The zero-order valence-electron chi connectivity index (χ0n) is 15.4. The van der Waals surface area contributed by atoms with E-state index in [4.69, 9.17) is 4.74 Å². The van der Waals surface area contributed by atoms with Gasteiger partial charge in [-0.1, -0.05) is 74.0 Å². The summed E-state index contributed by atoms with van der Waals surface area (Å²) >= 11 is 0. The Balaban J connectivity index is 1.67. The van der Waals surface area contributed by atoms with Crippen LogP contribution in [0.5, 0.6) is 11.6 Å². The van der Waals surface area contributed by atoms with E-state index in [1.165, 1.54) is 18.4 Å². The molecule has 0 spiro atoms. The van der Waals surface area contributed by atoms with Crippen molar-refractivity contribution >= 4 is 10.8 Å². The van der Waals surface area contributed by atoms with Crippen LogP contribution in [0.25, 0.3) is 22.0 Å². The summed E-state index contributed by atoms with van der Waals surface area (Å²) in [5, 5.41) is 10.8. The molecule has 0 radical (unpaired) electrons. The smallest absolute Gasteiger partial charge is 0.246 e. The molecule has 3 heteroatoms. The lowest BCUT2D eigenvalue weighted by atomic mass is 10.1. The van der Waals surface area contributed by atoms with Crippen molar-refractivity contribution in [1.29, 1.82) is 0 Å². The van der Waals surface area contributed by atoms with Crippen LogP contribution < -0.4 is 4.74 Å². The second-order valence-corrected chi connectivity index (χ2v) is 6.61. The Morgan fingerprint density at radius 2 is 1.44 bits per heavy atom. The van der Waals surface area contributed by atoms with Gasteiger partial charge in [0.1, 0.15) is 11.4 Å². The zero-order valence-corrected chi connectivity index (χ0v) is 15.4. The topological polar surface area (TPSA) is 35.0 Å². The molecule has 0 aliphatic heterocycles. The molecule has 0 saturated carbocycles. The molecule has 4 aromatic rings. The minimum Gasteiger partial charge on any atom is -0.437 e. The second kappa shape index (κ2) is 8.00. The van der Waals surface area contributed by atoms with Crippen LogP contribution in [0, 0.1) is 0 Å². The highest BCUT2D eigenvalue weighted by molar-refractivity contribution is 5.96. The highest BCUT2D eigenvalue weighted by atomic mass is 16.5. The molecule has 0 atom stereocenters. The molecule has 0 bridgehead atoms. The third-order valence-electron chi connectivity index (χ3n) is 4.66. The Morgan fingerprint density at radius 1 is 0.741 bits per heavy atom. The van der Waals surface area contributed by atoms with E-state index in [-0.39, 0.29) is 0 Å². The molecule has 0 unspecified atom stereocenters. The first-order chi connectivity index (χ1) is 13.3. The molecule has 0 saturated heterocycles. The van der Waals surface area contributed by atoms with Gasteiger partial charge in [-0.3, -0.25) is 0 Å². The number of rotatable bonds is 6. The summed E-state index contributed by atoms with van der Waals surface area (Å²) in [6.07, 6.45) is 3.51. The van der Waals surface area contributed by atoms with Gasteiger partial charge in [0.05, 0.1) is 0 Å². The predicted octanol–water partition coefficient (Wildman–Crippen LogP) is 6.43. The van der Waals surface area contributed by atoms with E-state index in [0.29, 0.717) is 5.88 Å². The summed E-state index contributed by atoms with van der Waals surface area (Å²) in [5.74, 6) is 1.31. The lowest BCUT2D eigenvalue weighted by Gasteiger charge is -2.11. The van der Waals surface area contributed by atoms with Gasteiger partial charge in [0, 0.05) is 16.3 Å².